The van der Waals surface area contributed by atoms with Crippen molar-refractivity contribution in [3.05, 3.63) is 242 Å². The van der Waals surface area contributed by atoms with Crippen molar-refractivity contribution < 1.29 is 52.5 Å². The molecular weight excluding hydrogens is 1050 g/mol. The van der Waals surface area contributed by atoms with E-state index in [1.807, 2.05) is 135 Å². The summed E-state index contributed by atoms with van der Waals surface area (Å²) in [6.45, 7) is 3.92. The van der Waals surface area contributed by atoms with Crippen LogP contribution in [0.1, 0.15) is 76.4 Å². The van der Waals surface area contributed by atoms with Crippen LogP contribution >= 0.6 is 63.7 Å². The zero-order valence-corrected chi connectivity index (χ0v) is 40.0. The van der Waals surface area contributed by atoms with Crippen molar-refractivity contribution in [1.82, 2.24) is 0 Å². The van der Waals surface area contributed by atoms with Gasteiger partial charge in [-0.15, -0.1) is 0 Å². The van der Waals surface area contributed by atoms with E-state index in [9.17, 15) is 19.8 Å². The zero-order chi connectivity index (χ0) is 39.8. The normalized spacial score (nSPS) is 17.2. The van der Waals surface area contributed by atoms with Gasteiger partial charge in [-0.05, 0) is 102 Å². The molecule has 0 saturated carbocycles. The van der Waals surface area contributed by atoms with Gasteiger partial charge in [0, 0.05) is 72.9 Å². The summed E-state index contributed by atoms with van der Waals surface area (Å²) in [7, 11) is 0. The molecule has 7 aromatic rings. The van der Waals surface area contributed by atoms with Crippen LogP contribution in [0.5, 0.6) is 0 Å². The quantitative estimate of drug-likeness (QED) is 0.181. The van der Waals surface area contributed by atoms with Crippen LogP contribution in [0.25, 0.3) is 0 Å². The van der Waals surface area contributed by atoms with Crippen LogP contribution in [0.4, 0.5) is 0 Å². The number of ketones is 2. The van der Waals surface area contributed by atoms with Crippen molar-refractivity contribution in [2.45, 2.75) is 25.0 Å². The molecular formula is C48H34Br4O4Y. The first-order valence-electron chi connectivity index (χ1n) is 17.7. The maximum atomic E-state index is 12.4. The summed E-state index contributed by atoms with van der Waals surface area (Å²) in [5.74, 6) is -0.117. The van der Waals surface area contributed by atoms with E-state index >= 15 is 0 Å². The Kier molecular flexibility index (Phi) is 13.7. The zero-order valence-electron chi connectivity index (χ0n) is 30.8. The van der Waals surface area contributed by atoms with Crippen LogP contribution < -0.4 is 0 Å². The molecule has 0 spiro atoms. The minimum Gasteiger partial charge on any atom is -0.376 e. The fourth-order valence-electron chi connectivity index (χ4n) is 7.32. The summed E-state index contributed by atoms with van der Waals surface area (Å²) >= 11 is 13.6. The second-order valence-corrected chi connectivity index (χ2v) is 17.4. The monoisotopic (exact) mass is 1080 g/mol. The van der Waals surface area contributed by atoms with Crippen LogP contribution in [0.15, 0.2) is 176 Å². The number of rotatable bonds is 2. The summed E-state index contributed by atoms with van der Waals surface area (Å²) in [5.41, 5.74) is 5.54. The van der Waals surface area contributed by atoms with Crippen molar-refractivity contribution in [2.75, 3.05) is 0 Å². The molecule has 2 atom stereocenters. The number of benzene rings is 7. The Bertz CT molecular complexity index is 2590. The van der Waals surface area contributed by atoms with Crippen LogP contribution in [0, 0.1) is 13.8 Å². The molecule has 0 amide bonds. The molecule has 0 fully saturated rings. The standard InChI is InChI=1S/C27H20Br2O2.C15H10O2.C6H4Br2.Y/c1-17-6-15-24-25(16-17)27(31,19-9-13-21(29)14-10-19)23-5-3-2-4-22(23)26(24,30)18-7-11-20(28)12-8-18;1-9-6-7-12-13(8-9)15(17)11-5-3-2-4-10(11)14(12)16;7-5-1-2-6(8)4-3-5;/h2-16,30-31H,1H3;2-8H,1H3;1-4H;. The van der Waals surface area contributed by atoms with Crippen molar-refractivity contribution in [3.8, 4) is 0 Å². The van der Waals surface area contributed by atoms with Crippen molar-refractivity contribution in [1.29, 1.82) is 0 Å². The first-order chi connectivity index (χ1) is 26.8. The summed E-state index contributed by atoms with van der Waals surface area (Å²) in [4.78, 5) is 24.5. The smallest absolute Gasteiger partial charge is 0.194 e. The van der Waals surface area contributed by atoms with E-state index in [0.29, 0.717) is 44.5 Å². The van der Waals surface area contributed by atoms with Crippen molar-refractivity contribution in [2.24, 2.45) is 0 Å². The third kappa shape index (κ3) is 8.48. The summed E-state index contributed by atoms with van der Waals surface area (Å²) in [6, 6.07) is 49.3. The van der Waals surface area contributed by atoms with Gasteiger partial charge in [0.1, 0.15) is 11.2 Å². The Morgan fingerprint density at radius 3 is 1.19 bits per heavy atom. The van der Waals surface area contributed by atoms with Crippen LogP contribution in [0.2, 0.25) is 0 Å². The van der Waals surface area contributed by atoms with E-state index in [4.69, 9.17) is 0 Å². The summed E-state index contributed by atoms with van der Waals surface area (Å²) in [6.07, 6.45) is 0. The van der Waals surface area contributed by atoms with Crippen molar-refractivity contribution >= 4 is 75.3 Å². The predicted octanol–water partition coefficient (Wildman–Crippen LogP) is 12.4. The van der Waals surface area contributed by atoms with Crippen LogP contribution in [-0.2, 0) is 43.9 Å². The number of hydrogen-bond donors (Lipinski definition) is 2. The topological polar surface area (TPSA) is 74.6 Å². The number of halogens is 4. The maximum Gasteiger partial charge on any atom is 0.194 e. The third-order valence-electron chi connectivity index (χ3n) is 10.1. The summed E-state index contributed by atoms with van der Waals surface area (Å²) < 4.78 is 4.11. The molecule has 7 aromatic carbocycles. The van der Waals surface area contributed by atoms with E-state index in [2.05, 4.69) is 63.7 Å². The second-order valence-electron chi connectivity index (χ2n) is 13.7. The molecule has 4 nitrogen and oxygen atoms in total. The maximum absolute atomic E-state index is 12.4. The third-order valence-corrected chi connectivity index (χ3v) is 12.2. The number of fused-ring (bicyclic) bond motifs is 4. The number of hydrogen-bond acceptors (Lipinski definition) is 4. The Hall–Kier alpha value is -3.18. The molecule has 9 rings (SSSR count). The SMILES string of the molecule is Brc1ccc(Br)cc1.Cc1ccc2c(c1)C(=O)c1ccccc1C2=O.Cc1ccc2c(c1)C(O)(c1ccc(Br)cc1)c1ccccc1C2(O)c1ccc(Br)cc1.[Y]. The van der Waals surface area contributed by atoms with E-state index in [1.165, 1.54) is 0 Å². The molecule has 0 bridgehead atoms. The van der Waals surface area contributed by atoms with Gasteiger partial charge in [0.15, 0.2) is 11.6 Å². The van der Waals surface area contributed by atoms with Gasteiger partial charge < -0.3 is 10.2 Å². The molecule has 2 aliphatic carbocycles. The molecule has 0 aliphatic heterocycles. The molecule has 0 heterocycles. The molecule has 2 unspecified atom stereocenters. The van der Waals surface area contributed by atoms with E-state index in [-0.39, 0.29) is 44.3 Å². The molecule has 1 radical (unpaired) electrons. The summed E-state index contributed by atoms with van der Waals surface area (Å²) in [5, 5.41) is 24.7. The minimum atomic E-state index is -1.39. The van der Waals surface area contributed by atoms with Gasteiger partial charge in [-0.25, -0.2) is 0 Å². The largest absolute Gasteiger partial charge is 0.376 e. The van der Waals surface area contributed by atoms with Gasteiger partial charge in [0.25, 0.3) is 0 Å². The molecule has 57 heavy (non-hydrogen) atoms. The molecule has 2 aliphatic rings. The van der Waals surface area contributed by atoms with Crippen LogP contribution in [-0.4, -0.2) is 21.8 Å². The average molecular weight is 1080 g/mol. The fraction of sp³-hybridized carbons (Fsp3) is 0.0833. The average Bonchev–Trinajstić information content (AvgIpc) is 3.21. The predicted molar refractivity (Wildman–Crippen MR) is 236 cm³/mol. The van der Waals surface area contributed by atoms with E-state index < -0.39 is 11.2 Å². The number of carbonyl (C=O) groups excluding carboxylic acids is 2. The van der Waals surface area contributed by atoms with E-state index in [0.717, 1.165) is 40.1 Å². The minimum absolute atomic E-state index is 0. The van der Waals surface area contributed by atoms with Gasteiger partial charge in [0.05, 0.1) is 0 Å². The molecule has 0 aromatic heterocycles. The Morgan fingerprint density at radius 1 is 0.386 bits per heavy atom. The number of aryl methyl sites for hydroxylation is 2. The second kappa shape index (κ2) is 18.0. The Labute approximate surface area is 391 Å². The van der Waals surface area contributed by atoms with Gasteiger partial charge in [-0.1, -0.05) is 178 Å². The fourth-order valence-corrected chi connectivity index (χ4v) is 8.38. The van der Waals surface area contributed by atoms with Crippen LogP contribution in [0.3, 0.4) is 0 Å². The first-order valence-corrected chi connectivity index (χ1v) is 20.9. The van der Waals surface area contributed by atoms with Gasteiger partial charge in [-0.2, -0.15) is 0 Å². The van der Waals surface area contributed by atoms with Gasteiger partial charge in [-0.3, -0.25) is 9.59 Å². The van der Waals surface area contributed by atoms with Gasteiger partial charge in [0.2, 0.25) is 0 Å². The molecule has 2 N–H and O–H groups in total. The number of aliphatic hydroxyl groups is 2. The molecule has 9 heteroatoms. The van der Waals surface area contributed by atoms with Crippen molar-refractivity contribution in [3.63, 3.8) is 0 Å². The molecule has 0 saturated heterocycles. The Balaban J connectivity index is 0.000000176. The van der Waals surface area contributed by atoms with Gasteiger partial charge >= 0.3 is 0 Å². The number of carbonyl (C=O) groups is 2. The Morgan fingerprint density at radius 2 is 0.719 bits per heavy atom. The van der Waals surface area contributed by atoms with E-state index in [1.54, 1.807) is 36.4 Å². The molecule has 281 valence electrons. The first kappa shape index (κ1) is 43.4.